The molecule has 3 nitrogen and oxygen atoms in total. The quantitative estimate of drug-likeness (QED) is 0.495. The molecule has 0 unspecified atom stereocenters. The first-order valence-electron chi connectivity index (χ1n) is 3.19. The molecule has 65 valence electrons. The van der Waals surface area contributed by atoms with Crippen molar-refractivity contribution in [2.24, 2.45) is 0 Å². The van der Waals surface area contributed by atoms with Crippen LogP contribution in [0.5, 0.6) is 5.75 Å². The number of hydrogen-bond acceptors (Lipinski definition) is 3. The summed E-state index contributed by atoms with van der Waals surface area (Å²) in [5.41, 5.74) is 0.928. The van der Waals surface area contributed by atoms with E-state index in [1.54, 1.807) is 6.07 Å². The Bertz CT molecular complexity index is 220. The van der Waals surface area contributed by atoms with Gasteiger partial charge in [-0.05, 0) is 6.07 Å². The minimum Gasteiger partial charge on any atom is -0.508 e. The summed E-state index contributed by atoms with van der Waals surface area (Å²) < 4.78 is 0. The van der Waals surface area contributed by atoms with Crippen molar-refractivity contribution in [1.29, 1.82) is 0 Å². The molecule has 0 heterocycles. The second kappa shape index (κ2) is 7.15. The van der Waals surface area contributed by atoms with E-state index in [9.17, 15) is 0 Å². The monoisotopic (exact) mass is 231 g/mol. The molecule has 1 rings (SSSR count). The Kier molecular flexibility index (Phi) is 6.84. The van der Waals surface area contributed by atoms with Crippen LogP contribution in [0.2, 0.25) is 0 Å². The van der Waals surface area contributed by atoms with Crippen molar-refractivity contribution in [3.8, 4) is 5.75 Å². The maximum atomic E-state index is 9.08. The van der Waals surface area contributed by atoms with Gasteiger partial charge >= 0.3 is 7.69 Å². The molecule has 0 aliphatic carbocycles. The fraction of sp³-hybridized carbons (Fsp3) is 0.143. The molecule has 12 heavy (non-hydrogen) atoms. The number of phenols is 1. The molecule has 0 amide bonds. The molecule has 0 aliphatic heterocycles. The van der Waals surface area contributed by atoms with Crippen molar-refractivity contribution >= 4 is 23.6 Å². The first kappa shape index (κ1) is 11.5. The Hall–Kier alpha value is -0.515. The molecule has 0 saturated heterocycles. The van der Waals surface area contributed by atoms with Crippen molar-refractivity contribution in [3.63, 3.8) is 0 Å². The summed E-state index contributed by atoms with van der Waals surface area (Å²) in [7, 11) is 0. The molecule has 0 spiro atoms. The zero-order chi connectivity index (χ0) is 9.40. The van der Waals surface area contributed by atoms with Gasteiger partial charge < -0.3 is 15.2 Å². The largest absolute Gasteiger partial charge is 0.508 e. The molecule has 1 aromatic carbocycles. The highest BCUT2D eigenvalue weighted by Gasteiger charge is 1.93. The van der Waals surface area contributed by atoms with Gasteiger partial charge in [-0.3, -0.25) is 0 Å². The SMILES string of the molecule is O[B]O.Oc1ccccc1CBr. The molecule has 5 heteroatoms. The van der Waals surface area contributed by atoms with Crippen LogP contribution >= 0.6 is 15.9 Å². The van der Waals surface area contributed by atoms with Gasteiger partial charge in [0.25, 0.3) is 0 Å². The summed E-state index contributed by atoms with van der Waals surface area (Å²) in [6.45, 7) is 0. The lowest BCUT2D eigenvalue weighted by molar-refractivity contribution is 0.448. The average Bonchev–Trinajstić information content (AvgIpc) is 2.07. The van der Waals surface area contributed by atoms with Crippen LogP contribution in [0.1, 0.15) is 5.56 Å². The zero-order valence-corrected chi connectivity index (χ0v) is 7.90. The smallest absolute Gasteiger partial charge is 0.482 e. The van der Waals surface area contributed by atoms with Gasteiger partial charge in [0.1, 0.15) is 5.75 Å². The van der Waals surface area contributed by atoms with Crippen molar-refractivity contribution in [2.75, 3.05) is 0 Å². The summed E-state index contributed by atoms with van der Waals surface area (Å²) in [5, 5.41) is 23.8. The molecule has 0 bridgehead atoms. The summed E-state index contributed by atoms with van der Waals surface area (Å²) in [5.74, 6) is 0.356. The van der Waals surface area contributed by atoms with Gasteiger partial charge in [0.2, 0.25) is 0 Å². The van der Waals surface area contributed by atoms with E-state index in [1.165, 1.54) is 0 Å². The summed E-state index contributed by atoms with van der Waals surface area (Å²) in [4.78, 5) is 0. The van der Waals surface area contributed by atoms with Crippen LogP contribution in [0, 0.1) is 0 Å². The Labute approximate surface area is 80.1 Å². The molecule has 3 N–H and O–H groups in total. The van der Waals surface area contributed by atoms with E-state index in [0.29, 0.717) is 11.1 Å². The lowest BCUT2D eigenvalue weighted by Gasteiger charge is -1.96. The van der Waals surface area contributed by atoms with Crippen molar-refractivity contribution in [1.82, 2.24) is 0 Å². The molecule has 1 radical (unpaired) electrons. The van der Waals surface area contributed by atoms with E-state index in [4.69, 9.17) is 15.2 Å². The molecule has 1 aromatic rings. The number of benzene rings is 1. The lowest BCUT2D eigenvalue weighted by Crippen LogP contribution is -1.75. The molecule has 0 aliphatic rings. The van der Waals surface area contributed by atoms with E-state index in [-0.39, 0.29) is 7.69 Å². The van der Waals surface area contributed by atoms with Crippen LogP contribution in [0.4, 0.5) is 0 Å². The van der Waals surface area contributed by atoms with Crippen LogP contribution in [-0.4, -0.2) is 22.8 Å². The standard InChI is InChI=1S/C7H7BrO.BH2O2/c8-5-6-3-1-2-4-7(6)9;2-1-3/h1-4,9H,5H2;2-3H. The van der Waals surface area contributed by atoms with Crippen molar-refractivity contribution in [2.45, 2.75) is 5.33 Å². The van der Waals surface area contributed by atoms with E-state index in [0.717, 1.165) is 5.56 Å². The number of hydrogen-bond donors (Lipinski definition) is 3. The average molecular weight is 232 g/mol. The van der Waals surface area contributed by atoms with Crippen LogP contribution in [0.3, 0.4) is 0 Å². The number of aromatic hydroxyl groups is 1. The Morgan fingerprint density at radius 3 is 2.08 bits per heavy atom. The van der Waals surface area contributed by atoms with E-state index < -0.39 is 0 Å². The topological polar surface area (TPSA) is 60.7 Å². The highest BCUT2D eigenvalue weighted by Crippen LogP contribution is 2.17. The molecular formula is C7H9BBrO3. The summed E-state index contributed by atoms with van der Waals surface area (Å²) in [6.07, 6.45) is 0. The van der Waals surface area contributed by atoms with Crippen LogP contribution < -0.4 is 0 Å². The Balaban J connectivity index is 0.000000354. The van der Waals surface area contributed by atoms with Crippen molar-refractivity contribution in [3.05, 3.63) is 29.8 Å². The maximum absolute atomic E-state index is 9.08. The first-order chi connectivity index (χ1) is 5.76. The Morgan fingerprint density at radius 2 is 1.75 bits per heavy atom. The number of rotatable bonds is 1. The molecular weight excluding hydrogens is 223 g/mol. The predicted octanol–water partition coefficient (Wildman–Crippen LogP) is 0.792. The lowest BCUT2D eigenvalue weighted by atomic mass is 10.2. The Morgan fingerprint density at radius 1 is 1.25 bits per heavy atom. The second-order valence-electron chi connectivity index (χ2n) is 1.88. The van der Waals surface area contributed by atoms with Crippen LogP contribution in [0.25, 0.3) is 0 Å². The predicted molar refractivity (Wildman–Crippen MR) is 50.9 cm³/mol. The fourth-order valence-electron chi connectivity index (χ4n) is 0.624. The van der Waals surface area contributed by atoms with Gasteiger partial charge in [0.05, 0.1) is 0 Å². The zero-order valence-electron chi connectivity index (χ0n) is 6.31. The van der Waals surface area contributed by atoms with Crippen molar-refractivity contribution < 1.29 is 15.2 Å². The highest BCUT2D eigenvalue weighted by atomic mass is 79.9. The van der Waals surface area contributed by atoms with Gasteiger partial charge in [-0.25, -0.2) is 0 Å². The minimum absolute atomic E-state index is 0. The molecule has 0 fully saturated rings. The summed E-state index contributed by atoms with van der Waals surface area (Å²) >= 11 is 3.25. The third-order valence-electron chi connectivity index (χ3n) is 1.14. The number of phenolic OH excluding ortho intramolecular Hbond substituents is 1. The first-order valence-corrected chi connectivity index (χ1v) is 4.31. The van der Waals surface area contributed by atoms with E-state index in [1.807, 2.05) is 18.2 Å². The van der Waals surface area contributed by atoms with Gasteiger partial charge in [0.15, 0.2) is 0 Å². The van der Waals surface area contributed by atoms with E-state index >= 15 is 0 Å². The van der Waals surface area contributed by atoms with Gasteiger partial charge in [-0.15, -0.1) is 0 Å². The minimum atomic E-state index is 0. The number of para-hydroxylation sites is 1. The molecule has 0 atom stereocenters. The van der Waals surface area contributed by atoms with E-state index in [2.05, 4.69) is 15.9 Å². The van der Waals surface area contributed by atoms with Gasteiger partial charge in [0, 0.05) is 10.9 Å². The molecule has 0 saturated carbocycles. The second-order valence-corrected chi connectivity index (χ2v) is 2.44. The normalized spacial score (nSPS) is 8.25. The van der Waals surface area contributed by atoms with Crippen LogP contribution in [0.15, 0.2) is 24.3 Å². The van der Waals surface area contributed by atoms with Gasteiger partial charge in [-0.1, -0.05) is 34.1 Å². The van der Waals surface area contributed by atoms with Crippen LogP contribution in [-0.2, 0) is 5.33 Å². The third kappa shape index (κ3) is 4.38. The van der Waals surface area contributed by atoms with Gasteiger partial charge in [-0.2, -0.15) is 0 Å². The third-order valence-corrected chi connectivity index (χ3v) is 1.74. The molecule has 0 aromatic heterocycles. The highest BCUT2D eigenvalue weighted by molar-refractivity contribution is 9.08. The maximum Gasteiger partial charge on any atom is 0.482 e. The summed E-state index contributed by atoms with van der Waals surface area (Å²) in [6, 6.07) is 7.26. The number of halogens is 1. The number of alkyl halides is 1. The fourth-order valence-corrected chi connectivity index (χ4v) is 1.10.